The van der Waals surface area contributed by atoms with E-state index in [1.165, 1.54) is 0 Å². The van der Waals surface area contributed by atoms with E-state index in [4.69, 9.17) is 0 Å². The van der Waals surface area contributed by atoms with E-state index in [0.29, 0.717) is 17.0 Å². The van der Waals surface area contributed by atoms with Crippen LogP contribution in [-0.2, 0) is 4.79 Å². The number of carbonyl (C=O) groups is 1. The number of rotatable bonds is 2. The standard InChI is InChI=1S/C21H15NO2/c1-13-5-4-7-15(11-13)20-21(24)18(22-20)12-17-16-8-3-2-6-14(16)9-10-19(17)23/h2-12,23H,1H3/b18-12-. The Bertz CT molecular complexity index is 1040. The minimum Gasteiger partial charge on any atom is -0.507 e. The minimum atomic E-state index is -0.0899. The molecule has 0 radical (unpaired) electrons. The molecule has 1 aliphatic rings. The second kappa shape index (κ2) is 5.46. The molecule has 3 aromatic rings. The normalized spacial score (nSPS) is 15.5. The molecule has 116 valence electrons. The van der Waals surface area contributed by atoms with Crippen LogP contribution in [0.4, 0.5) is 0 Å². The van der Waals surface area contributed by atoms with Crippen molar-refractivity contribution in [2.75, 3.05) is 0 Å². The van der Waals surface area contributed by atoms with Gasteiger partial charge in [0.25, 0.3) is 0 Å². The molecule has 3 heteroatoms. The van der Waals surface area contributed by atoms with E-state index in [-0.39, 0.29) is 11.5 Å². The zero-order valence-electron chi connectivity index (χ0n) is 13.2. The number of aryl methyl sites for hydroxylation is 1. The number of Topliss-reactive ketones (excluding diaryl/α,β-unsaturated/α-hetero) is 1. The van der Waals surface area contributed by atoms with Crippen LogP contribution in [0.5, 0.6) is 5.75 Å². The van der Waals surface area contributed by atoms with Crippen molar-refractivity contribution in [1.82, 2.24) is 0 Å². The van der Waals surface area contributed by atoms with E-state index in [1.54, 1.807) is 12.1 Å². The van der Waals surface area contributed by atoms with Gasteiger partial charge < -0.3 is 5.11 Å². The first-order chi connectivity index (χ1) is 11.6. The van der Waals surface area contributed by atoms with Gasteiger partial charge in [0, 0.05) is 11.1 Å². The predicted molar refractivity (Wildman–Crippen MR) is 96.3 cm³/mol. The third kappa shape index (κ3) is 2.31. The number of carbonyl (C=O) groups excluding carboxylic acids is 1. The van der Waals surface area contributed by atoms with Crippen LogP contribution in [-0.4, -0.2) is 16.6 Å². The van der Waals surface area contributed by atoms with Gasteiger partial charge in [-0.1, -0.05) is 54.1 Å². The molecule has 3 aromatic carbocycles. The maximum absolute atomic E-state index is 12.4. The average molecular weight is 313 g/mol. The van der Waals surface area contributed by atoms with Gasteiger partial charge in [-0.25, -0.2) is 4.99 Å². The molecule has 1 heterocycles. The van der Waals surface area contributed by atoms with Gasteiger partial charge >= 0.3 is 0 Å². The van der Waals surface area contributed by atoms with E-state index < -0.39 is 0 Å². The summed E-state index contributed by atoms with van der Waals surface area (Å²) in [5.41, 5.74) is 3.40. The van der Waals surface area contributed by atoms with Crippen LogP contribution >= 0.6 is 0 Å². The molecule has 0 atom stereocenters. The van der Waals surface area contributed by atoms with E-state index >= 15 is 0 Å². The van der Waals surface area contributed by atoms with Crippen molar-refractivity contribution in [3.63, 3.8) is 0 Å². The summed E-state index contributed by atoms with van der Waals surface area (Å²) in [7, 11) is 0. The molecular formula is C21H15NO2. The van der Waals surface area contributed by atoms with Gasteiger partial charge in [-0.3, -0.25) is 4.79 Å². The Labute approximate surface area is 139 Å². The molecule has 1 aliphatic heterocycles. The van der Waals surface area contributed by atoms with Crippen LogP contribution in [0.3, 0.4) is 0 Å². The van der Waals surface area contributed by atoms with Crippen LogP contribution in [0.15, 0.2) is 71.4 Å². The van der Waals surface area contributed by atoms with Crippen molar-refractivity contribution >= 4 is 28.3 Å². The van der Waals surface area contributed by atoms with Gasteiger partial charge in [0.2, 0.25) is 5.78 Å². The molecule has 0 spiro atoms. The maximum Gasteiger partial charge on any atom is 0.230 e. The van der Waals surface area contributed by atoms with Gasteiger partial charge in [-0.05, 0) is 35.9 Å². The second-order valence-corrected chi connectivity index (χ2v) is 5.91. The molecule has 0 aliphatic carbocycles. The van der Waals surface area contributed by atoms with E-state index in [9.17, 15) is 9.90 Å². The molecular weight excluding hydrogens is 298 g/mol. The molecule has 0 saturated carbocycles. The topological polar surface area (TPSA) is 49.7 Å². The Morgan fingerprint density at radius 3 is 2.62 bits per heavy atom. The van der Waals surface area contributed by atoms with Crippen LogP contribution in [0.2, 0.25) is 0 Å². The summed E-state index contributed by atoms with van der Waals surface area (Å²) in [6, 6.07) is 19.0. The van der Waals surface area contributed by atoms with Gasteiger partial charge in [0.15, 0.2) is 0 Å². The summed E-state index contributed by atoms with van der Waals surface area (Å²) in [6.45, 7) is 1.98. The zero-order valence-corrected chi connectivity index (χ0v) is 13.2. The Kier molecular flexibility index (Phi) is 3.28. The van der Waals surface area contributed by atoms with Crippen molar-refractivity contribution < 1.29 is 9.90 Å². The van der Waals surface area contributed by atoms with Crippen LogP contribution in [0.25, 0.3) is 16.8 Å². The number of nitrogens with zero attached hydrogens (tertiary/aromatic N) is 1. The van der Waals surface area contributed by atoms with E-state index in [0.717, 1.165) is 21.9 Å². The fourth-order valence-corrected chi connectivity index (χ4v) is 2.95. The Morgan fingerprint density at radius 1 is 1.00 bits per heavy atom. The van der Waals surface area contributed by atoms with Gasteiger partial charge in [0.1, 0.15) is 17.2 Å². The molecule has 24 heavy (non-hydrogen) atoms. The Balaban J connectivity index is 1.79. The molecule has 0 unspecified atom stereocenters. The fraction of sp³-hybridized carbons (Fsp3) is 0.0476. The number of hydrogen-bond acceptors (Lipinski definition) is 3. The first-order valence-corrected chi connectivity index (χ1v) is 7.76. The van der Waals surface area contributed by atoms with Gasteiger partial charge in [-0.15, -0.1) is 0 Å². The summed E-state index contributed by atoms with van der Waals surface area (Å²) >= 11 is 0. The highest BCUT2D eigenvalue weighted by Crippen LogP contribution is 2.31. The zero-order chi connectivity index (χ0) is 16.7. The molecule has 4 rings (SSSR count). The van der Waals surface area contributed by atoms with E-state index in [2.05, 4.69) is 4.99 Å². The number of fused-ring (bicyclic) bond motifs is 1. The second-order valence-electron chi connectivity index (χ2n) is 5.91. The summed E-state index contributed by atoms with van der Waals surface area (Å²) in [6.07, 6.45) is 1.67. The lowest BCUT2D eigenvalue weighted by molar-refractivity contribution is -0.110. The predicted octanol–water partition coefficient (Wildman–Crippen LogP) is 4.27. The van der Waals surface area contributed by atoms with Crippen molar-refractivity contribution in [3.8, 4) is 5.75 Å². The summed E-state index contributed by atoms with van der Waals surface area (Å²) in [5, 5.41) is 12.1. The van der Waals surface area contributed by atoms with Gasteiger partial charge in [-0.2, -0.15) is 0 Å². The molecule has 0 saturated heterocycles. The highest BCUT2D eigenvalue weighted by molar-refractivity contribution is 6.57. The lowest BCUT2D eigenvalue weighted by Gasteiger charge is -2.16. The summed E-state index contributed by atoms with van der Waals surface area (Å²) in [5.74, 6) is 0.0566. The molecule has 0 amide bonds. The highest BCUT2D eigenvalue weighted by atomic mass is 16.3. The fourth-order valence-electron chi connectivity index (χ4n) is 2.95. The smallest absolute Gasteiger partial charge is 0.230 e. The number of phenolic OH excluding ortho intramolecular Hbond substituents is 1. The highest BCUT2D eigenvalue weighted by Gasteiger charge is 2.28. The monoisotopic (exact) mass is 313 g/mol. The largest absolute Gasteiger partial charge is 0.507 e. The Morgan fingerprint density at radius 2 is 1.83 bits per heavy atom. The molecule has 1 N–H and O–H groups in total. The lowest BCUT2D eigenvalue weighted by Crippen LogP contribution is -2.26. The van der Waals surface area contributed by atoms with Crippen LogP contribution < -0.4 is 0 Å². The molecule has 3 nitrogen and oxygen atoms in total. The number of ketones is 1. The first-order valence-electron chi connectivity index (χ1n) is 7.76. The van der Waals surface area contributed by atoms with Crippen LogP contribution in [0, 0.1) is 6.92 Å². The summed E-state index contributed by atoms with van der Waals surface area (Å²) in [4.78, 5) is 16.8. The van der Waals surface area contributed by atoms with Gasteiger partial charge in [0.05, 0.1) is 0 Å². The number of hydrogen-bond donors (Lipinski definition) is 1. The average Bonchev–Trinajstić information content (AvgIpc) is 2.59. The first kappa shape index (κ1) is 14.4. The number of aliphatic imine (C=N–C) groups is 1. The van der Waals surface area contributed by atoms with Crippen molar-refractivity contribution in [3.05, 3.63) is 83.1 Å². The number of aromatic hydroxyl groups is 1. The number of phenols is 1. The quantitative estimate of drug-likeness (QED) is 0.718. The number of benzene rings is 3. The molecule has 0 aromatic heterocycles. The summed E-state index contributed by atoms with van der Waals surface area (Å²) < 4.78 is 0. The van der Waals surface area contributed by atoms with Crippen molar-refractivity contribution in [2.24, 2.45) is 4.99 Å². The molecule has 0 fully saturated rings. The third-order valence-electron chi connectivity index (χ3n) is 4.20. The maximum atomic E-state index is 12.4. The minimum absolute atomic E-state index is 0.0899. The molecule has 0 bridgehead atoms. The Hall–Kier alpha value is -3.20. The SMILES string of the molecule is Cc1cccc(C2=N/C(=C\c3c(O)ccc4ccccc34)C2=O)c1. The van der Waals surface area contributed by atoms with Crippen LogP contribution in [0.1, 0.15) is 16.7 Å². The van der Waals surface area contributed by atoms with Crippen molar-refractivity contribution in [1.29, 1.82) is 0 Å². The lowest BCUT2D eigenvalue weighted by atomic mass is 9.95. The van der Waals surface area contributed by atoms with E-state index in [1.807, 2.05) is 61.5 Å². The third-order valence-corrected chi connectivity index (χ3v) is 4.20. The number of allylic oxidation sites excluding steroid dienone is 1. The van der Waals surface area contributed by atoms with Crippen molar-refractivity contribution in [2.45, 2.75) is 6.92 Å².